The maximum Gasteiger partial charge on any atom is 0.281 e. The highest BCUT2D eigenvalue weighted by Gasteiger charge is 2.45. The van der Waals surface area contributed by atoms with Crippen LogP contribution < -0.4 is 0 Å². The first-order valence-electron chi connectivity index (χ1n) is 7.26. The summed E-state index contributed by atoms with van der Waals surface area (Å²) in [6, 6.07) is 9.83. The van der Waals surface area contributed by atoms with Crippen molar-refractivity contribution in [2.45, 2.75) is 45.2 Å². The zero-order valence-electron chi connectivity index (χ0n) is 12.8. The lowest BCUT2D eigenvalue weighted by Gasteiger charge is -2.35. The zero-order chi connectivity index (χ0) is 15.5. The van der Waals surface area contributed by atoms with E-state index in [9.17, 15) is 9.90 Å². The van der Waals surface area contributed by atoms with Gasteiger partial charge in [-0.3, -0.25) is 4.79 Å². The van der Waals surface area contributed by atoms with Crippen molar-refractivity contribution in [3.63, 3.8) is 0 Å². The molecule has 1 aliphatic rings. The fraction of sp³-hybridized carbons (Fsp3) is 0.562. The van der Waals surface area contributed by atoms with Crippen molar-refractivity contribution in [1.82, 2.24) is 4.90 Å². The second-order valence-corrected chi connectivity index (χ2v) is 5.62. The molecule has 0 aliphatic carbocycles. The summed E-state index contributed by atoms with van der Waals surface area (Å²) in [5.74, 6) is -0.444. The second-order valence-electron chi connectivity index (χ2n) is 5.62. The van der Waals surface area contributed by atoms with Crippen molar-refractivity contribution >= 4 is 5.91 Å². The quantitative estimate of drug-likeness (QED) is 0.837. The zero-order valence-corrected chi connectivity index (χ0v) is 12.8. The molecule has 116 valence electrons. The van der Waals surface area contributed by atoms with Crippen LogP contribution in [-0.2, 0) is 20.7 Å². The summed E-state index contributed by atoms with van der Waals surface area (Å²) < 4.78 is 10.7. The first-order valence-corrected chi connectivity index (χ1v) is 7.26. The Bertz CT molecular complexity index is 474. The Morgan fingerprint density at radius 2 is 2.14 bits per heavy atom. The molecule has 5 nitrogen and oxygen atoms in total. The number of amides is 1. The Balaban J connectivity index is 2.15. The van der Waals surface area contributed by atoms with Crippen LogP contribution in [0.2, 0.25) is 0 Å². The van der Waals surface area contributed by atoms with Crippen LogP contribution >= 0.6 is 0 Å². The molecule has 1 aromatic carbocycles. The fourth-order valence-electron chi connectivity index (χ4n) is 2.71. The Morgan fingerprint density at radius 3 is 2.76 bits per heavy atom. The Kier molecular flexibility index (Phi) is 4.98. The van der Waals surface area contributed by atoms with Crippen LogP contribution in [0, 0.1) is 0 Å². The summed E-state index contributed by atoms with van der Waals surface area (Å²) in [7, 11) is 0. The molecular formula is C16H23NO4. The van der Waals surface area contributed by atoms with Crippen LogP contribution in [0.4, 0.5) is 0 Å². The van der Waals surface area contributed by atoms with Gasteiger partial charge in [0.05, 0.1) is 12.6 Å². The normalized spacial score (nSPS) is 22.3. The van der Waals surface area contributed by atoms with Crippen LogP contribution in [0.15, 0.2) is 30.3 Å². The number of carbonyl (C=O) groups excluding carboxylic acids is 1. The van der Waals surface area contributed by atoms with Crippen molar-refractivity contribution in [3.05, 3.63) is 35.9 Å². The monoisotopic (exact) mass is 293 g/mol. The molecule has 1 aromatic rings. The van der Waals surface area contributed by atoms with Gasteiger partial charge in [0.15, 0.2) is 0 Å². The largest absolute Gasteiger partial charge is 0.361 e. The first kappa shape index (κ1) is 15.9. The van der Waals surface area contributed by atoms with Gasteiger partial charge in [0.1, 0.15) is 5.72 Å². The number of carbonyl (C=O) groups is 1. The van der Waals surface area contributed by atoms with Crippen molar-refractivity contribution in [1.29, 1.82) is 0 Å². The fourth-order valence-corrected chi connectivity index (χ4v) is 2.71. The van der Waals surface area contributed by atoms with E-state index >= 15 is 0 Å². The van der Waals surface area contributed by atoms with Crippen molar-refractivity contribution < 1.29 is 19.4 Å². The van der Waals surface area contributed by atoms with E-state index in [4.69, 9.17) is 9.47 Å². The number of rotatable bonds is 5. The van der Waals surface area contributed by atoms with Crippen LogP contribution in [-0.4, -0.2) is 47.2 Å². The van der Waals surface area contributed by atoms with E-state index in [2.05, 4.69) is 0 Å². The molecule has 1 fully saturated rings. The van der Waals surface area contributed by atoms with Gasteiger partial charge in [-0.15, -0.1) is 0 Å². The van der Waals surface area contributed by atoms with Crippen molar-refractivity contribution in [2.24, 2.45) is 0 Å². The number of aliphatic hydroxyl groups is 1. The standard InChI is InChI=1S/C16H23NO4/c1-4-20-15(19)14(18)17-13(11-21-16(17,2)3)10-12-8-6-5-7-9-12/h5-9,13,15,19H,4,10-11H2,1-3H3. The molecule has 0 saturated carbocycles. The van der Waals surface area contributed by atoms with E-state index in [0.29, 0.717) is 13.0 Å². The van der Waals surface area contributed by atoms with Gasteiger partial charge in [0.2, 0.25) is 6.29 Å². The van der Waals surface area contributed by atoms with Gasteiger partial charge in [0, 0.05) is 6.61 Å². The number of aliphatic hydroxyl groups excluding tert-OH is 1. The molecule has 1 saturated heterocycles. The van der Waals surface area contributed by atoms with Crippen LogP contribution in [0.25, 0.3) is 0 Å². The molecule has 1 amide bonds. The highest BCUT2D eigenvalue weighted by atomic mass is 16.6. The highest BCUT2D eigenvalue weighted by Crippen LogP contribution is 2.30. The van der Waals surface area contributed by atoms with E-state index in [-0.39, 0.29) is 12.6 Å². The summed E-state index contributed by atoms with van der Waals surface area (Å²) in [5, 5.41) is 9.83. The molecule has 2 atom stereocenters. The highest BCUT2D eigenvalue weighted by molar-refractivity contribution is 5.80. The molecule has 0 spiro atoms. The van der Waals surface area contributed by atoms with Crippen LogP contribution in [0.3, 0.4) is 0 Å². The number of hydrogen-bond acceptors (Lipinski definition) is 4. The van der Waals surface area contributed by atoms with Gasteiger partial charge in [-0.25, -0.2) is 0 Å². The number of hydrogen-bond donors (Lipinski definition) is 1. The van der Waals surface area contributed by atoms with Gasteiger partial charge in [-0.1, -0.05) is 30.3 Å². The summed E-state index contributed by atoms with van der Waals surface area (Å²) in [6.07, 6.45) is -0.747. The Hall–Kier alpha value is -1.43. The third-order valence-corrected chi connectivity index (χ3v) is 3.66. The molecule has 0 radical (unpaired) electrons. The lowest BCUT2D eigenvalue weighted by Crippen LogP contribution is -2.53. The summed E-state index contributed by atoms with van der Waals surface area (Å²) >= 11 is 0. The maximum absolute atomic E-state index is 12.4. The minimum absolute atomic E-state index is 0.106. The average Bonchev–Trinajstić information content (AvgIpc) is 2.74. The maximum atomic E-state index is 12.4. The molecule has 1 heterocycles. The molecular weight excluding hydrogens is 270 g/mol. The van der Waals surface area contributed by atoms with Crippen molar-refractivity contribution in [2.75, 3.05) is 13.2 Å². The lowest BCUT2D eigenvalue weighted by molar-refractivity contribution is -0.181. The van der Waals surface area contributed by atoms with E-state index in [1.54, 1.807) is 11.8 Å². The smallest absolute Gasteiger partial charge is 0.281 e. The topological polar surface area (TPSA) is 59.0 Å². The van der Waals surface area contributed by atoms with Gasteiger partial charge < -0.3 is 19.5 Å². The SMILES string of the molecule is CCOC(O)C(=O)N1C(Cc2ccccc2)COC1(C)C. The predicted octanol–water partition coefficient (Wildman–Crippen LogP) is 1.55. The van der Waals surface area contributed by atoms with Crippen LogP contribution in [0.1, 0.15) is 26.3 Å². The number of ether oxygens (including phenoxy) is 2. The first-order chi connectivity index (χ1) is 9.95. The minimum atomic E-state index is -1.44. The van der Waals surface area contributed by atoms with Gasteiger partial charge in [0.25, 0.3) is 5.91 Å². The van der Waals surface area contributed by atoms with E-state index < -0.39 is 17.9 Å². The summed E-state index contributed by atoms with van der Waals surface area (Å²) in [6.45, 7) is 6.13. The predicted molar refractivity (Wildman–Crippen MR) is 78.4 cm³/mol. The minimum Gasteiger partial charge on any atom is -0.361 e. The molecule has 1 N–H and O–H groups in total. The molecule has 2 rings (SSSR count). The molecule has 0 bridgehead atoms. The third-order valence-electron chi connectivity index (χ3n) is 3.66. The Morgan fingerprint density at radius 1 is 1.48 bits per heavy atom. The Labute approximate surface area is 125 Å². The van der Waals surface area contributed by atoms with E-state index in [1.165, 1.54) is 0 Å². The molecule has 1 aliphatic heterocycles. The van der Waals surface area contributed by atoms with Gasteiger partial charge in [-0.05, 0) is 32.8 Å². The van der Waals surface area contributed by atoms with E-state index in [0.717, 1.165) is 5.56 Å². The van der Waals surface area contributed by atoms with Crippen molar-refractivity contribution in [3.8, 4) is 0 Å². The molecule has 2 unspecified atom stereocenters. The summed E-state index contributed by atoms with van der Waals surface area (Å²) in [5.41, 5.74) is 0.390. The second kappa shape index (κ2) is 6.56. The van der Waals surface area contributed by atoms with Gasteiger partial charge in [-0.2, -0.15) is 0 Å². The van der Waals surface area contributed by atoms with Gasteiger partial charge >= 0.3 is 0 Å². The average molecular weight is 293 g/mol. The lowest BCUT2D eigenvalue weighted by atomic mass is 10.0. The summed E-state index contributed by atoms with van der Waals surface area (Å²) in [4.78, 5) is 14.0. The molecule has 0 aromatic heterocycles. The third kappa shape index (κ3) is 3.61. The molecule has 21 heavy (non-hydrogen) atoms. The number of benzene rings is 1. The van der Waals surface area contributed by atoms with Crippen LogP contribution in [0.5, 0.6) is 0 Å². The number of nitrogens with zero attached hydrogens (tertiary/aromatic N) is 1. The van der Waals surface area contributed by atoms with E-state index in [1.807, 2.05) is 44.2 Å². The molecule has 5 heteroatoms.